The largest absolute Gasteiger partial charge is 0.374 e. The number of likely N-dealkylation sites (N-methyl/N-ethyl adjacent to an activating group) is 1. The van der Waals surface area contributed by atoms with Crippen LogP contribution >= 0.6 is 0 Å². The molecule has 1 unspecified atom stereocenters. The second kappa shape index (κ2) is 5.01. The van der Waals surface area contributed by atoms with Crippen LogP contribution < -0.4 is 10.2 Å². The molecule has 1 aliphatic heterocycles. The van der Waals surface area contributed by atoms with E-state index in [2.05, 4.69) is 57.6 Å². The molecule has 0 fully saturated rings. The van der Waals surface area contributed by atoms with Crippen LogP contribution in [0.4, 0.5) is 5.69 Å². The highest BCUT2D eigenvalue weighted by Crippen LogP contribution is 2.27. The number of hydrogen-bond acceptors (Lipinski definition) is 4. The van der Waals surface area contributed by atoms with Crippen LogP contribution in [0.3, 0.4) is 0 Å². The van der Waals surface area contributed by atoms with Crippen LogP contribution in [-0.4, -0.2) is 28.8 Å². The molecule has 1 aliphatic rings. The van der Waals surface area contributed by atoms with Gasteiger partial charge in [0, 0.05) is 25.8 Å². The van der Waals surface area contributed by atoms with Crippen molar-refractivity contribution in [2.75, 3.05) is 18.5 Å². The molecule has 1 aromatic heterocycles. The number of benzene rings is 1. The lowest BCUT2D eigenvalue weighted by Crippen LogP contribution is -2.19. The van der Waals surface area contributed by atoms with Crippen LogP contribution in [0, 0.1) is 0 Å². The van der Waals surface area contributed by atoms with Gasteiger partial charge in [-0.15, -0.1) is 0 Å². The van der Waals surface area contributed by atoms with Crippen LogP contribution in [0.15, 0.2) is 24.5 Å². The van der Waals surface area contributed by atoms with Crippen molar-refractivity contribution in [1.29, 1.82) is 0 Å². The zero-order valence-electron chi connectivity index (χ0n) is 11.3. The molecule has 100 valence electrons. The van der Waals surface area contributed by atoms with Crippen LogP contribution in [0.1, 0.15) is 29.9 Å². The predicted molar refractivity (Wildman–Crippen MR) is 75.1 cm³/mol. The van der Waals surface area contributed by atoms with E-state index in [1.165, 1.54) is 16.8 Å². The predicted octanol–water partition coefficient (Wildman–Crippen LogP) is 1.65. The number of anilines is 1. The summed E-state index contributed by atoms with van der Waals surface area (Å²) in [4.78, 5) is 6.47. The first-order valence-corrected chi connectivity index (χ1v) is 6.65. The molecule has 19 heavy (non-hydrogen) atoms. The average molecular weight is 257 g/mol. The highest BCUT2D eigenvalue weighted by atomic mass is 15.2. The van der Waals surface area contributed by atoms with E-state index < -0.39 is 0 Å². The summed E-state index contributed by atoms with van der Waals surface area (Å²) in [6.45, 7) is 4.06. The second-order valence-electron chi connectivity index (χ2n) is 5.11. The summed E-state index contributed by atoms with van der Waals surface area (Å²) in [7, 11) is 2.15. The third-order valence-electron chi connectivity index (χ3n) is 3.73. The molecule has 1 atom stereocenters. The zero-order valence-corrected chi connectivity index (χ0v) is 11.3. The Morgan fingerprint density at radius 3 is 3.16 bits per heavy atom. The van der Waals surface area contributed by atoms with Gasteiger partial charge in [0.25, 0.3) is 0 Å². The minimum Gasteiger partial charge on any atom is -0.374 e. The smallest absolute Gasteiger partial charge is 0.141 e. The molecule has 0 radical (unpaired) electrons. The summed E-state index contributed by atoms with van der Waals surface area (Å²) in [6, 6.07) is 6.90. The summed E-state index contributed by atoms with van der Waals surface area (Å²) in [5.41, 5.74) is 4.14. The van der Waals surface area contributed by atoms with Crippen LogP contribution in [0.25, 0.3) is 0 Å². The molecular formula is C14H19N5. The SMILES string of the molecule is CC(NCc1ccc2c(c1)CCN2C)c1ncn[nH]1. The molecule has 0 aliphatic carbocycles. The summed E-state index contributed by atoms with van der Waals surface area (Å²) in [5, 5.41) is 10.2. The maximum atomic E-state index is 4.16. The van der Waals surface area contributed by atoms with Gasteiger partial charge in [-0.1, -0.05) is 12.1 Å². The summed E-state index contributed by atoms with van der Waals surface area (Å²) >= 11 is 0. The number of hydrogen-bond donors (Lipinski definition) is 2. The molecule has 3 rings (SSSR count). The van der Waals surface area contributed by atoms with Gasteiger partial charge in [0.05, 0.1) is 6.04 Å². The quantitative estimate of drug-likeness (QED) is 0.874. The molecule has 0 amide bonds. The minimum atomic E-state index is 0.179. The normalized spacial score (nSPS) is 15.6. The van der Waals surface area contributed by atoms with Gasteiger partial charge in [-0.3, -0.25) is 5.10 Å². The molecule has 0 bridgehead atoms. The second-order valence-corrected chi connectivity index (χ2v) is 5.11. The van der Waals surface area contributed by atoms with Gasteiger partial charge in [-0.25, -0.2) is 4.98 Å². The summed E-state index contributed by atoms with van der Waals surface area (Å²) < 4.78 is 0. The Balaban J connectivity index is 1.65. The van der Waals surface area contributed by atoms with E-state index >= 15 is 0 Å². The molecular weight excluding hydrogens is 238 g/mol. The van der Waals surface area contributed by atoms with E-state index in [4.69, 9.17) is 0 Å². The number of nitrogens with zero attached hydrogens (tertiary/aromatic N) is 3. The number of fused-ring (bicyclic) bond motifs is 1. The van der Waals surface area contributed by atoms with Crippen molar-refractivity contribution in [3.8, 4) is 0 Å². The standard InChI is InChI=1S/C14H19N5/c1-10(14-16-9-17-18-14)15-8-11-3-4-13-12(7-11)5-6-19(13)2/h3-4,7,9-10,15H,5-6,8H2,1-2H3,(H,16,17,18). The summed E-state index contributed by atoms with van der Waals surface area (Å²) in [5.74, 6) is 0.876. The fraction of sp³-hybridized carbons (Fsp3) is 0.429. The number of H-pyrrole nitrogens is 1. The molecule has 2 N–H and O–H groups in total. The monoisotopic (exact) mass is 257 g/mol. The van der Waals surface area contributed by atoms with Crippen LogP contribution in [-0.2, 0) is 13.0 Å². The van der Waals surface area contributed by atoms with Crippen molar-refractivity contribution >= 4 is 5.69 Å². The third kappa shape index (κ3) is 2.46. The van der Waals surface area contributed by atoms with Crippen molar-refractivity contribution in [3.05, 3.63) is 41.5 Å². The Bertz CT molecular complexity index is 549. The maximum Gasteiger partial charge on any atom is 0.141 e. The van der Waals surface area contributed by atoms with Gasteiger partial charge in [-0.2, -0.15) is 5.10 Å². The lowest BCUT2D eigenvalue weighted by molar-refractivity contribution is 0.548. The molecule has 0 saturated carbocycles. The lowest BCUT2D eigenvalue weighted by Gasteiger charge is -2.14. The van der Waals surface area contributed by atoms with E-state index in [9.17, 15) is 0 Å². The van der Waals surface area contributed by atoms with Crippen LogP contribution in [0.2, 0.25) is 0 Å². The Kier molecular flexibility index (Phi) is 3.21. The molecule has 2 aromatic rings. The van der Waals surface area contributed by atoms with E-state index in [1.807, 2.05) is 0 Å². The lowest BCUT2D eigenvalue weighted by atomic mass is 10.1. The number of rotatable bonds is 4. The van der Waals surface area contributed by atoms with Gasteiger partial charge in [0.15, 0.2) is 0 Å². The van der Waals surface area contributed by atoms with E-state index in [0.717, 1.165) is 25.3 Å². The number of aromatic amines is 1. The van der Waals surface area contributed by atoms with Crippen molar-refractivity contribution < 1.29 is 0 Å². The number of nitrogens with one attached hydrogen (secondary N) is 2. The Morgan fingerprint density at radius 1 is 1.47 bits per heavy atom. The molecule has 5 nitrogen and oxygen atoms in total. The minimum absolute atomic E-state index is 0.179. The van der Waals surface area contributed by atoms with Gasteiger partial charge in [0.1, 0.15) is 12.2 Å². The molecule has 1 aromatic carbocycles. The van der Waals surface area contributed by atoms with Gasteiger partial charge < -0.3 is 10.2 Å². The van der Waals surface area contributed by atoms with Crippen molar-refractivity contribution in [1.82, 2.24) is 20.5 Å². The molecule has 0 saturated heterocycles. The highest BCUT2D eigenvalue weighted by molar-refractivity contribution is 5.58. The molecule has 0 spiro atoms. The van der Waals surface area contributed by atoms with Gasteiger partial charge in [-0.05, 0) is 30.5 Å². The Labute approximate surface area is 113 Å². The first-order chi connectivity index (χ1) is 9.24. The van der Waals surface area contributed by atoms with Crippen molar-refractivity contribution in [2.45, 2.75) is 25.9 Å². The van der Waals surface area contributed by atoms with Crippen LogP contribution in [0.5, 0.6) is 0 Å². The zero-order chi connectivity index (χ0) is 13.2. The van der Waals surface area contributed by atoms with Crippen molar-refractivity contribution in [3.63, 3.8) is 0 Å². The fourth-order valence-electron chi connectivity index (χ4n) is 2.52. The third-order valence-corrected chi connectivity index (χ3v) is 3.73. The number of aromatic nitrogens is 3. The molecule has 5 heteroatoms. The fourth-order valence-corrected chi connectivity index (χ4v) is 2.52. The van der Waals surface area contributed by atoms with E-state index in [1.54, 1.807) is 6.33 Å². The van der Waals surface area contributed by atoms with E-state index in [-0.39, 0.29) is 6.04 Å². The first-order valence-electron chi connectivity index (χ1n) is 6.65. The molecule has 2 heterocycles. The van der Waals surface area contributed by atoms with Gasteiger partial charge >= 0.3 is 0 Å². The first kappa shape index (κ1) is 12.2. The van der Waals surface area contributed by atoms with E-state index in [0.29, 0.717) is 0 Å². The highest BCUT2D eigenvalue weighted by Gasteiger charge is 2.15. The van der Waals surface area contributed by atoms with Gasteiger partial charge in [0.2, 0.25) is 0 Å². The Hall–Kier alpha value is -1.88. The maximum absolute atomic E-state index is 4.16. The Morgan fingerprint density at radius 2 is 2.37 bits per heavy atom. The average Bonchev–Trinajstić information content (AvgIpc) is 3.06. The van der Waals surface area contributed by atoms with Crippen molar-refractivity contribution in [2.24, 2.45) is 0 Å². The topological polar surface area (TPSA) is 56.8 Å². The summed E-state index contributed by atoms with van der Waals surface area (Å²) in [6.07, 6.45) is 2.69.